The number of para-hydroxylation sites is 1. The van der Waals surface area contributed by atoms with Crippen LogP contribution in [0.5, 0.6) is 0 Å². The Bertz CT molecular complexity index is 679. The Morgan fingerprint density at radius 3 is 2.59 bits per heavy atom. The van der Waals surface area contributed by atoms with Gasteiger partial charge in [-0.25, -0.2) is 0 Å². The normalized spacial score (nSPS) is 10.3. The standard InChI is InChI=1S/C16H19N3O3/c1-11-6-4-5-7-14(11)19(13(3)20)9-8-16(21)17-15-10-12(2)22-18-15/h4-7,10H,8-9H2,1-3H3,(H,17,18,21). The van der Waals surface area contributed by atoms with Crippen molar-refractivity contribution in [3.05, 3.63) is 41.7 Å². The Balaban J connectivity index is 1.99. The van der Waals surface area contributed by atoms with Crippen molar-refractivity contribution in [3.63, 3.8) is 0 Å². The van der Waals surface area contributed by atoms with Crippen LogP contribution in [-0.2, 0) is 9.59 Å². The molecule has 1 aromatic carbocycles. The number of rotatable bonds is 5. The molecular weight excluding hydrogens is 282 g/mol. The highest BCUT2D eigenvalue weighted by molar-refractivity contribution is 5.94. The van der Waals surface area contributed by atoms with E-state index < -0.39 is 0 Å². The summed E-state index contributed by atoms with van der Waals surface area (Å²) < 4.78 is 4.88. The molecule has 1 N–H and O–H groups in total. The van der Waals surface area contributed by atoms with E-state index in [1.54, 1.807) is 17.9 Å². The second-order valence-electron chi connectivity index (χ2n) is 5.08. The van der Waals surface area contributed by atoms with E-state index >= 15 is 0 Å². The highest BCUT2D eigenvalue weighted by atomic mass is 16.5. The summed E-state index contributed by atoms with van der Waals surface area (Å²) in [6, 6.07) is 9.23. The molecule has 0 saturated heterocycles. The molecule has 1 heterocycles. The summed E-state index contributed by atoms with van der Waals surface area (Å²) in [5.41, 5.74) is 1.81. The van der Waals surface area contributed by atoms with Gasteiger partial charge < -0.3 is 14.7 Å². The fourth-order valence-corrected chi connectivity index (χ4v) is 2.16. The van der Waals surface area contributed by atoms with Crippen molar-refractivity contribution in [2.45, 2.75) is 27.2 Å². The number of nitrogens with one attached hydrogen (secondary N) is 1. The van der Waals surface area contributed by atoms with Crippen LogP contribution < -0.4 is 10.2 Å². The Kier molecular flexibility index (Phi) is 4.93. The van der Waals surface area contributed by atoms with Gasteiger partial charge in [-0.15, -0.1) is 0 Å². The molecule has 0 atom stereocenters. The third-order valence-corrected chi connectivity index (χ3v) is 3.24. The van der Waals surface area contributed by atoms with Crippen LogP contribution in [0, 0.1) is 13.8 Å². The van der Waals surface area contributed by atoms with E-state index in [1.807, 2.05) is 31.2 Å². The van der Waals surface area contributed by atoms with Crippen LogP contribution in [0.25, 0.3) is 0 Å². The molecule has 0 saturated carbocycles. The van der Waals surface area contributed by atoms with Crippen molar-refractivity contribution in [2.75, 3.05) is 16.8 Å². The van der Waals surface area contributed by atoms with Crippen molar-refractivity contribution in [3.8, 4) is 0 Å². The molecule has 0 fully saturated rings. The van der Waals surface area contributed by atoms with Gasteiger partial charge in [-0.2, -0.15) is 0 Å². The molecule has 0 aliphatic rings. The first-order valence-corrected chi connectivity index (χ1v) is 7.04. The molecule has 2 rings (SSSR count). The number of aromatic nitrogens is 1. The fourth-order valence-electron chi connectivity index (χ4n) is 2.16. The first kappa shape index (κ1) is 15.8. The zero-order chi connectivity index (χ0) is 16.1. The minimum atomic E-state index is -0.215. The maximum absolute atomic E-state index is 11.9. The molecular formula is C16H19N3O3. The number of hydrogen-bond donors (Lipinski definition) is 1. The average Bonchev–Trinajstić information content (AvgIpc) is 2.85. The molecule has 2 aromatic rings. The number of anilines is 2. The topological polar surface area (TPSA) is 75.4 Å². The maximum Gasteiger partial charge on any atom is 0.227 e. The van der Waals surface area contributed by atoms with E-state index in [4.69, 9.17) is 4.52 Å². The van der Waals surface area contributed by atoms with Crippen molar-refractivity contribution in [1.29, 1.82) is 0 Å². The van der Waals surface area contributed by atoms with Crippen molar-refractivity contribution >= 4 is 23.3 Å². The van der Waals surface area contributed by atoms with Gasteiger partial charge in [-0.1, -0.05) is 23.4 Å². The lowest BCUT2D eigenvalue weighted by Gasteiger charge is -2.22. The predicted octanol–water partition coefficient (Wildman–Crippen LogP) is 2.67. The van der Waals surface area contributed by atoms with Gasteiger partial charge in [-0.3, -0.25) is 9.59 Å². The van der Waals surface area contributed by atoms with Crippen LogP contribution in [-0.4, -0.2) is 23.5 Å². The lowest BCUT2D eigenvalue weighted by molar-refractivity contribution is -0.117. The number of carbonyl (C=O) groups excluding carboxylic acids is 2. The summed E-state index contributed by atoms with van der Waals surface area (Å²) in [7, 11) is 0. The monoisotopic (exact) mass is 301 g/mol. The van der Waals surface area contributed by atoms with Crippen LogP contribution in [0.2, 0.25) is 0 Å². The molecule has 0 radical (unpaired) electrons. The Labute approximate surface area is 129 Å². The van der Waals surface area contributed by atoms with Gasteiger partial charge in [-0.05, 0) is 25.5 Å². The van der Waals surface area contributed by atoms with Gasteiger partial charge in [0, 0.05) is 31.6 Å². The molecule has 0 bridgehead atoms. The zero-order valence-electron chi connectivity index (χ0n) is 12.9. The number of benzene rings is 1. The molecule has 0 spiro atoms. The number of hydrogen-bond acceptors (Lipinski definition) is 4. The fraction of sp³-hybridized carbons (Fsp3) is 0.312. The maximum atomic E-state index is 11.9. The molecule has 1 aromatic heterocycles. The lowest BCUT2D eigenvalue weighted by Crippen LogP contribution is -2.32. The van der Waals surface area contributed by atoms with Crippen molar-refractivity contribution in [2.24, 2.45) is 0 Å². The summed E-state index contributed by atoms with van der Waals surface area (Å²) >= 11 is 0. The summed E-state index contributed by atoms with van der Waals surface area (Å²) in [6.45, 7) is 5.48. The number of aryl methyl sites for hydroxylation is 2. The Morgan fingerprint density at radius 2 is 2.00 bits per heavy atom. The highest BCUT2D eigenvalue weighted by Crippen LogP contribution is 2.20. The van der Waals surface area contributed by atoms with Crippen molar-refractivity contribution < 1.29 is 14.1 Å². The van der Waals surface area contributed by atoms with Crippen molar-refractivity contribution in [1.82, 2.24) is 5.16 Å². The number of amides is 2. The van der Waals surface area contributed by atoms with E-state index in [0.717, 1.165) is 11.3 Å². The molecule has 2 amide bonds. The van der Waals surface area contributed by atoms with Gasteiger partial charge in [0.15, 0.2) is 5.82 Å². The molecule has 22 heavy (non-hydrogen) atoms. The summed E-state index contributed by atoms with van der Waals surface area (Å²) in [6.07, 6.45) is 0.180. The third kappa shape index (κ3) is 3.94. The summed E-state index contributed by atoms with van der Waals surface area (Å²) in [5.74, 6) is 0.695. The van der Waals surface area contributed by atoms with Gasteiger partial charge in [0.1, 0.15) is 5.76 Å². The zero-order valence-corrected chi connectivity index (χ0v) is 12.9. The van der Waals surface area contributed by atoms with Gasteiger partial charge in [0.05, 0.1) is 0 Å². The minimum absolute atomic E-state index is 0.0978. The Morgan fingerprint density at radius 1 is 1.27 bits per heavy atom. The second kappa shape index (κ2) is 6.89. The van der Waals surface area contributed by atoms with Crippen LogP contribution in [0.3, 0.4) is 0 Å². The van der Waals surface area contributed by atoms with Gasteiger partial charge in [0.2, 0.25) is 11.8 Å². The molecule has 116 valence electrons. The highest BCUT2D eigenvalue weighted by Gasteiger charge is 2.15. The van der Waals surface area contributed by atoms with Crippen LogP contribution in [0.1, 0.15) is 24.7 Å². The quantitative estimate of drug-likeness (QED) is 0.921. The molecule has 0 unspecified atom stereocenters. The third-order valence-electron chi connectivity index (χ3n) is 3.24. The number of carbonyl (C=O) groups is 2. The molecule has 0 aliphatic heterocycles. The van der Waals surface area contributed by atoms with Gasteiger partial charge in [0.25, 0.3) is 0 Å². The predicted molar refractivity (Wildman–Crippen MR) is 83.7 cm³/mol. The van der Waals surface area contributed by atoms with Crippen LogP contribution in [0.4, 0.5) is 11.5 Å². The van der Waals surface area contributed by atoms with E-state index in [9.17, 15) is 9.59 Å². The first-order valence-electron chi connectivity index (χ1n) is 7.04. The summed E-state index contributed by atoms with van der Waals surface area (Å²) in [5, 5.41) is 6.34. The second-order valence-corrected chi connectivity index (χ2v) is 5.08. The first-order chi connectivity index (χ1) is 10.5. The molecule has 6 nitrogen and oxygen atoms in total. The van der Waals surface area contributed by atoms with E-state index in [-0.39, 0.29) is 18.2 Å². The van der Waals surface area contributed by atoms with Crippen LogP contribution in [0.15, 0.2) is 34.9 Å². The smallest absolute Gasteiger partial charge is 0.227 e. The largest absolute Gasteiger partial charge is 0.360 e. The van der Waals surface area contributed by atoms with E-state index in [2.05, 4.69) is 10.5 Å². The summed E-state index contributed by atoms with van der Waals surface area (Å²) in [4.78, 5) is 25.4. The van der Waals surface area contributed by atoms with Crippen LogP contribution >= 0.6 is 0 Å². The Hall–Kier alpha value is -2.63. The average molecular weight is 301 g/mol. The lowest BCUT2D eigenvalue weighted by atomic mass is 10.1. The number of nitrogens with zero attached hydrogens (tertiary/aromatic N) is 2. The van der Waals surface area contributed by atoms with E-state index in [1.165, 1.54) is 6.92 Å². The SMILES string of the molecule is CC(=O)N(CCC(=O)Nc1cc(C)on1)c1ccccc1C. The van der Waals surface area contributed by atoms with E-state index in [0.29, 0.717) is 18.1 Å². The minimum Gasteiger partial charge on any atom is -0.360 e. The molecule has 0 aliphatic carbocycles. The molecule has 6 heteroatoms. The van der Waals surface area contributed by atoms with Gasteiger partial charge >= 0.3 is 0 Å².